The molecule has 0 aromatic carbocycles. The first kappa shape index (κ1) is 13.1. The molecule has 0 aliphatic carbocycles. The lowest BCUT2D eigenvalue weighted by Crippen LogP contribution is -1.95. The maximum atomic E-state index is 6.17. The zero-order valence-electron chi connectivity index (χ0n) is 10.9. The fourth-order valence-corrected chi connectivity index (χ4v) is 2.06. The summed E-state index contributed by atoms with van der Waals surface area (Å²) in [5.74, 6) is 1.02. The van der Waals surface area contributed by atoms with Crippen LogP contribution in [0.2, 0.25) is 0 Å². The molecule has 5 nitrogen and oxygen atoms in total. The summed E-state index contributed by atoms with van der Waals surface area (Å²) in [6.45, 7) is 4.13. The highest BCUT2D eigenvalue weighted by Crippen LogP contribution is 2.26. The van der Waals surface area contributed by atoms with Gasteiger partial charge in [-0.25, -0.2) is 0 Å². The Hall–Kier alpha value is -1.36. The minimum Gasteiger partial charge on any atom is -0.332 e. The van der Waals surface area contributed by atoms with Crippen molar-refractivity contribution in [2.24, 2.45) is 7.05 Å². The van der Waals surface area contributed by atoms with Crippen LogP contribution in [0, 0.1) is 0 Å². The van der Waals surface area contributed by atoms with Crippen LogP contribution in [-0.2, 0) is 13.5 Å². The number of alkyl halides is 1. The van der Waals surface area contributed by atoms with Crippen LogP contribution >= 0.6 is 11.6 Å². The van der Waals surface area contributed by atoms with E-state index >= 15 is 0 Å². The molecule has 0 radical (unpaired) electrons. The van der Waals surface area contributed by atoms with Gasteiger partial charge in [0, 0.05) is 7.05 Å². The van der Waals surface area contributed by atoms with Gasteiger partial charge in [-0.2, -0.15) is 10.1 Å². The SMILES string of the molecule is CCCC(Cl)c1noc(-c2cc(CC)nn2C)n1. The highest BCUT2D eigenvalue weighted by atomic mass is 35.5. The van der Waals surface area contributed by atoms with Gasteiger partial charge in [-0.05, 0) is 18.9 Å². The minimum absolute atomic E-state index is 0.189. The zero-order valence-corrected chi connectivity index (χ0v) is 11.6. The van der Waals surface area contributed by atoms with E-state index < -0.39 is 0 Å². The van der Waals surface area contributed by atoms with Crippen LogP contribution in [-0.4, -0.2) is 19.9 Å². The summed E-state index contributed by atoms with van der Waals surface area (Å²) < 4.78 is 7.00. The van der Waals surface area contributed by atoms with Gasteiger partial charge < -0.3 is 4.52 Å². The molecule has 0 saturated heterocycles. The predicted molar refractivity (Wildman–Crippen MR) is 69.4 cm³/mol. The van der Waals surface area contributed by atoms with E-state index in [0.717, 1.165) is 30.7 Å². The van der Waals surface area contributed by atoms with Gasteiger partial charge in [-0.3, -0.25) is 4.68 Å². The van der Waals surface area contributed by atoms with Crippen molar-refractivity contribution < 1.29 is 4.52 Å². The van der Waals surface area contributed by atoms with Gasteiger partial charge in [0.05, 0.1) is 11.1 Å². The van der Waals surface area contributed by atoms with Crippen LogP contribution in [0.15, 0.2) is 10.6 Å². The molecule has 0 bridgehead atoms. The quantitative estimate of drug-likeness (QED) is 0.782. The monoisotopic (exact) mass is 268 g/mol. The highest BCUT2D eigenvalue weighted by molar-refractivity contribution is 6.20. The molecule has 0 N–H and O–H groups in total. The summed E-state index contributed by atoms with van der Waals surface area (Å²) in [4.78, 5) is 4.34. The summed E-state index contributed by atoms with van der Waals surface area (Å²) in [5, 5.41) is 8.09. The average molecular weight is 269 g/mol. The van der Waals surface area contributed by atoms with Crippen LogP contribution < -0.4 is 0 Å². The van der Waals surface area contributed by atoms with Crippen molar-refractivity contribution in [3.63, 3.8) is 0 Å². The smallest absolute Gasteiger partial charge is 0.276 e. The van der Waals surface area contributed by atoms with Gasteiger partial charge in [0.25, 0.3) is 5.89 Å². The summed E-state index contributed by atoms with van der Waals surface area (Å²) in [7, 11) is 1.86. The van der Waals surface area contributed by atoms with Gasteiger partial charge in [0.2, 0.25) is 0 Å². The second-order valence-electron chi connectivity index (χ2n) is 4.21. The Morgan fingerprint density at radius 3 is 2.83 bits per heavy atom. The maximum Gasteiger partial charge on any atom is 0.276 e. The van der Waals surface area contributed by atoms with Gasteiger partial charge in [0.15, 0.2) is 5.82 Å². The minimum atomic E-state index is -0.189. The zero-order chi connectivity index (χ0) is 13.1. The van der Waals surface area contributed by atoms with Gasteiger partial charge in [0.1, 0.15) is 5.69 Å². The van der Waals surface area contributed by atoms with Crippen molar-refractivity contribution >= 4 is 11.6 Å². The number of aryl methyl sites for hydroxylation is 2. The standard InChI is InChI=1S/C12H17ClN4O/c1-4-6-9(13)11-14-12(18-16-11)10-7-8(5-2)15-17(10)3/h7,9H,4-6H2,1-3H3. The maximum absolute atomic E-state index is 6.17. The fourth-order valence-electron chi connectivity index (χ4n) is 1.75. The molecule has 1 atom stereocenters. The van der Waals surface area contributed by atoms with Crippen molar-refractivity contribution in [3.8, 4) is 11.6 Å². The molecule has 2 rings (SSSR count). The molecule has 0 saturated carbocycles. The van der Waals surface area contributed by atoms with E-state index in [-0.39, 0.29) is 5.38 Å². The van der Waals surface area contributed by atoms with Crippen LogP contribution in [0.4, 0.5) is 0 Å². The van der Waals surface area contributed by atoms with Crippen molar-refractivity contribution in [2.45, 2.75) is 38.5 Å². The van der Waals surface area contributed by atoms with Gasteiger partial charge in [-0.15, -0.1) is 11.6 Å². The number of aromatic nitrogens is 4. The van der Waals surface area contributed by atoms with Crippen molar-refractivity contribution in [1.29, 1.82) is 0 Å². The lowest BCUT2D eigenvalue weighted by Gasteiger charge is -1.99. The van der Waals surface area contributed by atoms with Crippen molar-refractivity contribution in [1.82, 2.24) is 19.9 Å². The molecule has 2 aromatic heterocycles. The third-order valence-electron chi connectivity index (χ3n) is 2.78. The Labute approximate surface area is 111 Å². The predicted octanol–water partition coefficient (Wildman–Crippen LogP) is 3.11. The van der Waals surface area contributed by atoms with E-state index in [1.807, 2.05) is 13.1 Å². The molecule has 0 amide bonds. The molecule has 98 valence electrons. The van der Waals surface area contributed by atoms with E-state index in [0.29, 0.717) is 11.7 Å². The van der Waals surface area contributed by atoms with Crippen LogP contribution in [0.3, 0.4) is 0 Å². The normalized spacial score (nSPS) is 12.9. The Morgan fingerprint density at radius 2 is 2.22 bits per heavy atom. The van der Waals surface area contributed by atoms with Gasteiger partial charge >= 0.3 is 0 Å². The molecule has 18 heavy (non-hydrogen) atoms. The number of rotatable bonds is 5. The van der Waals surface area contributed by atoms with Crippen molar-refractivity contribution in [3.05, 3.63) is 17.6 Å². The third kappa shape index (κ3) is 2.56. The first-order valence-corrected chi connectivity index (χ1v) is 6.60. The molecular formula is C12H17ClN4O. The Bertz CT molecular complexity index is 520. The molecule has 0 fully saturated rings. The second kappa shape index (κ2) is 5.52. The molecule has 6 heteroatoms. The van der Waals surface area contributed by atoms with Crippen molar-refractivity contribution in [2.75, 3.05) is 0 Å². The molecule has 2 heterocycles. The summed E-state index contributed by atoms with van der Waals surface area (Å²) in [6, 6.07) is 1.96. The van der Waals surface area contributed by atoms with E-state index in [2.05, 4.69) is 29.1 Å². The fraction of sp³-hybridized carbons (Fsp3) is 0.583. The Kier molecular flexibility index (Phi) is 4.01. The lowest BCUT2D eigenvalue weighted by molar-refractivity contribution is 0.417. The summed E-state index contributed by atoms with van der Waals surface area (Å²) in [6.07, 6.45) is 2.71. The molecule has 2 aromatic rings. The van der Waals surface area contributed by atoms with Crippen LogP contribution in [0.5, 0.6) is 0 Å². The van der Waals surface area contributed by atoms with E-state index in [1.165, 1.54) is 0 Å². The number of hydrogen-bond acceptors (Lipinski definition) is 4. The number of hydrogen-bond donors (Lipinski definition) is 0. The first-order chi connectivity index (χ1) is 8.65. The lowest BCUT2D eigenvalue weighted by atomic mass is 10.2. The third-order valence-corrected chi connectivity index (χ3v) is 3.19. The molecular weight excluding hydrogens is 252 g/mol. The van der Waals surface area contributed by atoms with Gasteiger partial charge in [-0.1, -0.05) is 25.4 Å². The van der Waals surface area contributed by atoms with Crippen LogP contribution in [0.1, 0.15) is 43.6 Å². The average Bonchev–Trinajstić information content (AvgIpc) is 2.95. The highest BCUT2D eigenvalue weighted by Gasteiger charge is 2.18. The summed E-state index contributed by atoms with van der Waals surface area (Å²) >= 11 is 6.17. The largest absolute Gasteiger partial charge is 0.332 e. The number of halogens is 1. The molecule has 0 spiro atoms. The molecule has 0 aliphatic rings. The molecule has 0 aliphatic heterocycles. The Morgan fingerprint density at radius 1 is 1.44 bits per heavy atom. The molecule has 1 unspecified atom stereocenters. The van der Waals surface area contributed by atoms with Crippen LogP contribution in [0.25, 0.3) is 11.6 Å². The van der Waals surface area contributed by atoms with E-state index in [1.54, 1.807) is 4.68 Å². The summed E-state index contributed by atoms with van der Waals surface area (Å²) in [5.41, 5.74) is 1.83. The number of nitrogens with zero attached hydrogens (tertiary/aromatic N) is 4. The van der Waals surface area contributed by atoms with E-state index in [9.17, 15) is 0 Å². The second-order valence-corrected chi connectivity index (χ2v) is 4.74. The van der Waals surface area contributed by atoms with E-state index in [4.69, 9.17) is 16.1 Å². The Balaban J connectivity index is 2.26. The topological polar surface area (TPSA) is 56.7 Å². The first-order valence-electron chi connectivity index (χ1n) is 6.16.